The summed E-state index contributed by atoms with van der Waals surface area (Å²) in [6.07, 6.45) is -2.82. The van der Waals surface area contributed by atoms with Gasteiger partial charge in [0.25, 0.3) is 11.8 Å². The molecule has 0 unspecified atom stereocenters. The van der Waals surface area contributed by atoms with Gasteiger partial charge in [-0.15, -0.1) is 10.2 Å². The molecule has 0 spiro atoms. The van der Waals surface area contributed by atoms with E-state index >= 15 is 0 Å². The maximum Gasteiger partial charge on any atom is 0.315 e. The number of halogens is 2. The van der Waals surface area contributed by atoms with E-state index in [1.54, 1.807) is 0 Å². The molecule has 0 aliphatic carbocycles. The number of anilines is 1. The second-order valence-corrected chi connectivity index (χ2v) is 4.87. The maximum atomic E-state index is 12.4. The van der Waals surface area contributed by atoms with Crippen LogP contribution >= 0.6 is 11.3 Å². The number of benzene rings is 1. The number of alkyl halides is 2. The molecule has 0 atom stereocenters. The molecule has 0 saturated heterocycles. The van der Waals surface area contributed by atoms with Gasteiger partial charge in [0.05, 0.1) is 0 Å². The SMILES string of the molecule is O=C(Nc1nncs1)c1ccc(-c2noc(C(F)F)n2)cc1. The Morgan fingerprint density at radius 3 is 2.64 bits per heavy atom. The van der Waals surface area contributed by atoms with Crippen LogP contribution in [0.25, 0.3) is 11.4 Å². The van der Waals surface area contributed by atoms with Gasteiger partial charge in [-0.05, 0) is 12.1 Å². The summed E-state index contributed by atoms with van der Waals surface area (Å²) in [5, 5.41) is 13.7. The molecule has 0 radical (unpaired) electrons. The molecule has 1 aromatic carbocycles. The predicted molar refractivity (Wildman–Crippen MR) is 72.6 cm³/mol. The Bertz CT molecular complexity index is 773. The van der Waals surface area contributed by atoms with E-state index in [2.05, 4.69) is 30.2 Å². The van der Waals surface area contributed by atoms with Crippen LogP contribution in [0.15, 0.2) is 34.3 Å². The zero-order valence-corrected chi connectivity index (χ0v) is 11.6. The van der Waals surface area contributed by atoms with Crippen LogP contribution in [0.1, 0.15) is 22.7 Å². The van der Waals surface area contributed by atoms with E-state index in [1.165, 1.54) is 41.1 Å². The highest BCUT2D eigenvalue weighted by molar-refractivity contribution is 7.13. The van der Waals surface area contributed by atoms with Gasteiger partial charge in [0, 0.05) is 11.1 Å². The summed E-state index contributed by atoms with van der Waals surface area (Å²) in [6.45, 7) is 0. The third kappa shape index (κ3) is 2.96. The number of aromatic nitrogens is 4. The molecule has 0 fully saturated rings. The largest absolute Gasteiger partial charge is 0.333 e. The van der Waals surface area contributed by atoms with Crippen molar-refractivity contribution in [3.05, 3.63) is 41.2 Å². The number of amides is 1. The minimum Gasteiger partial charge on any atom is -0.333 e. The first-order valence-corrected chi connectivity index (χ1v) is 6.81. The Balaban J connectivity index is 1.75. The number of carbonyl (C=O) groups is 1. The van der Waals surface area contributed by atoms with Gasteiger partial charge in [-0.2, -0.15) is 13.8 Å². The first-order chi connectivity index (χ1) is 10.6. The van der Waals surface area contributed by atoms with Crippen molar-refractivity contribution >= 4 is 22.4 Å². The number of rotatable bonds is 4. The zero-order chi connectivity index (χ0) is 15.5. The molecule has 1 N–H and O–H groups in total. The van der Waals surface area contributed by atoms with Crippen LogP contribution in [0.4, 0.5) is 13.9 Å². The molecule has 10 heteroatoms. The predicted octanol–water partition coefficient (Wildman–Crippen LogP) is 2.78. The Labute approximate surface area is 126 Å². The fourth-order valence-corrected chi connectivity index (χ4v) is 2.05. The Morgan fingerprint density at radius 1 is 1.27 bits per heavy atom. The van der Waals surface area contributed by atoms with Crippen LogP contribution in [0.5, 0.6) is 0 Å². The van der Waals surface area contributed by atoms with E-state index < -0.39 is 12.3 Å². The molecule has 0 bridgehead atoms. The fourth-order valence-electron chi connectivity index (χ4n) is 1.61. The average Bonchev–Trinajstić information content (AvgIpc) is 3.18. The molecule has 0 saturated carbocycles. The summed E-state index contributed by atoms with van der Waals surface area (Å²) in [7, 11) is 0. The molecule has 3 aromatic rings. The molecule has 0 aliphatic rings. The number of nitrogens with one attached hydrogen (secondary N) is 1. The molecule has 0 aliphatic heterocycles. The van der Waals surface area contributed by atoms with E-state index in [1.807, 2.05) is 0 Å². The van der Waals surface area contributed by atoms with Crippen LogP contribution in [0, 0.1) is 0 Å². The monoisotopic (exact) mass is 323 g/mol. The van der Waals surface area contributed by atoms with E-state index in [0.717, 1.165) is 0 Å². The summed E-state index contributed by atoms with van der Waals surface area (Å²) in [5.74, 6) is -1.07. The lowest BCUT2D eigenvalue weighted by molar-refractivity contribution is 0.102. The smallest absolute Gasteiger partial charge is 0.315 e. The van der Waals surface area contributed by atoms with Gasteiger partial charge in [-0.25, -0.2) is 0 Å². The maximum absolute atomic E-state index is 12.4. The van der Waals surface area contributed by atoms with Crippen LogP contribution in [0.2, 0.25) is 0 Å². The number of hydrogen-bond acceptors (Lipinski definition) is 7. The van der Waals surface area contributed by atoms with E-state index in [9.17, 15) is 13.6 Å². The van der Waals surface area contributed by atoms with Crippen LogP contribution in [-0.4, -0.2) is 26.2 Å². The normalized spacial score (nSPS) is 10.9. The first kappa shape index (κ1) is 14.2. The molecule has 22 heavy (non-hydrogen) atoms. The van der Waals surface area contributed by atoms with Crippen molar-refractivity contribution in [3.63, 3.8) is 0 Å². The van der Waals surface area contributed by atoms with Crippen molar-refractivity contribution in [2.45, 2.75) is 6.43 Å². The number of nitrogens with zero attached hydrogens (tertiary/aromatic N) is 4. The van der Waals surface area contributed by atoms with Gasteiger partial charge in [-0.3, -0.25) is 10.1 Å². The van der Waals surface area contributed by atoms with Gasteiger partial charge < -0.3 is 4.52 Å². The Morgan fingerprint density at radius 2 is 2.05 bits per heavy atom. The van der Waals surface area contributed by atoms with Gasteiger partial charge in [0.2, 0.25) is 11.0 Å². The van der Waals surface area contributed by atoms with Gasteiger partial charge in [-0.1, -0.05) is 28.6 Å². The molecule has 3 rings (SSSR count). The number of carbonyl (C=O) groups excluding carboxylic acids is 1. The van der Waals surface area contributed by atoms with Gasteiger partial charge in [0.1, 0.15) is 5.51 Å². The van der Waals surface area contributed by atoms with Crippen molar-refractivity contribution in [2.24, 2.45) is 0 Å². The van der Waals surface area contributed by atoms with Crippen molar-refractivity contribution in [2.75, 3.05) is 5.32 Å². The van der Waals surface area contributed by atoms with Gasteiger partial charge in [0.15, 0.2) is 0 Å². The summed E-state index contributed by atoms with van der Waals surface area (Å²) in [4.78, 5) is 15.5. The topological polar surface area (TPSA) is 93.8 Å². The van der Waals surface area contributed by atoms with Crippen molar-refractivity contribution < 1.29 is 18.1 Å². The first-order valence-electron chi connectivity index (χ1n) is 5.93. The van der Waals surface area contributed by atoms with E-state index in [4.69, 9.17) is 0 Å². The standard InChI is InChI=1S/C12H7F2N5O2S/c13-8(14)11-16-9(19-21-11)6-1-3-7(4-2-6)10(20)17-12-18-15-5-22-12/h1-5,8H,(H,17,18,20). The van der Waals surface area contributed by atoms with E-state index in [0.29, 0.717) is 16.3 Å². The molecular formula is C12H7F2N5O2S. The highest BCUT2D eigenvalue weighted by atomic mass is 32.1. The molecular weight excluding hydrogens is 316 g/mol. The van der Waals surface area contributed by atoms with Crippen LogP contribution < -0.4 is 5.32 Å². The molecule has 7 nitrogen and oxygen atoms in total. The third-order valence-electron chi connectivity index (χ3n) is 2.61. The van der Waals surface area contributed by atoms with Crippen LogP contribution in [-0.2, 0) is 0 Å². The van der Waals surface area contributed by atoms with Crippen molar-refractivity contribution in [3.8, 4) is 11.4 Å². The van der Waals surface area contributed by atoms with E-state index in [-0.39, 0.29) is 11.7 Å². The Hall–Kier alpha value is -2.75. The fraction of sp³-hybridized carbons (Fsp3) is 0.0833. The lowest BCUT2D eigenvalue weighted by atomic mass is 10.1. The lowest BCUT2D eigenvalue weighted by Crippen LogP contribution is -2.11. The number of hydrogen-bond donors (Lipinski definition) is 1. The molecule has 2 aromatic heterocycles. The molecule has 2 heterocycles. The summed E-state index contributed by atoms with van der Waals surface area (Å²) in [6, 6.07) is 6.11. The highest BCUT2D eigenvalue weighted by Gasteiger charge is 2.17. The zero-order valence-electron chi connectivity index (χ0n) is 10.7. The third-order valence-corrected chi connectivity index (χ3v) is 3.22. The summed E-state index contributed by atoms with van der Waals surface area (Å²) in [5.41, 5.74) is 2.33. The lowest BCUT2D eigenvalue weighted by Gasteiger charge is -2.01. The van der Waals surface area contributed by atoms with Crippen molar-refractivity contribution in [1.29, 1.82) is 0 Å². The quantitative estimate of drug-likeness (QED) is 0.793. The van der Waals surface area contributed by atoms with Gasteiger partial charge >= 0.3 is 6.43 Å². The second-order valence-electron chi connectivity index (χ2n) is 4.03. The minimum atomic E-state index is -2.82. The summed E-state index contributed by atoms with van der Waals surface area (Å²) < 4.78 is 29.2. The summed E-state index contributed by atoms with van der Waals surface area (Å²) >= 11 is 1.19. The minimum absolute atomic E-state index is 0.0337. The van der Waals surface area contributed by atoms with Crippen LogP contribution in [0.3, 0.4) is 0 Å². The van der Waals surface area contributed by atoms with Crippen molar-refractivity contribution in [1.82, 2.24) is 20.3 Å². The second kappa shape index (κ2) is 5.93. The molecule has 112 valence electrons. The average molecular weight is 323 g/mol. The molecule has 1 amide bonds. The highest BCUT2D eigenvalue weighted by Crippen LogP contribution is 2.22. The Kier molecular flexibility index (Phi) is 3.83.